The monoisotopic (exact) mass is 265 g/mol. The number of rotatable bonds is 3. The Balaban J connectivity index is 2.10. The Bertz CT molecular complexity index is 475. The lowest BCUT2D eigenvalue weighted by molar-refractivity contribution is -0.136. The fourth-order valence-corrected chi connectivity index (χ4v) is 2.97. The molecule has 0 spiro atoms. The molecular formula is C13H15NO3S. The second-order valence-corrected chi connectivity index (χ2v) is 5.84. The summed E-state index contributed by atoms with van der Waals surface area (Å²) in [5.74, 6) is -0.979. The second-order valence-electron chi connectivity index (χ2n) is 4.29. The number of thioether (sulfide) groups is 1. The van der Waals surface area contributed by atoms with Crippen molar-refractivity contribution < 1.29 is 14.7 Å². The van der Waals surface area contributed by atoms with Gasteiger partial charge in [-0.05, 0) is 31.4 Å². The number of hydrogen-bond donors (Lipinski definition) is 2. The van der Waals surface area contributed by atoms with Gasteiger partial charge in [-0.1, -0.05) is 18.2 Å². The number of amides is 1. The molecular weight excluding hydrogens is 250 g/mol. The van der Waals surface area contributed by atoms with Crippen LogP contribution in [-0.2, 0) is 16.0 Å². The van der Waals surface area contributed by atoms with E-state index in [2.05, 4.69) is 5.32 Å². The van der Waals surface area contributed by atoms with Crippen molar-refractivity contribution in [1.82, 2.24) is 0 Å². The Kier molecular flexibility index (Phi) is 3.91. The molecule has 1 aromatic carbocycles. The lowest BCUT2D eigenvalue weighted by Gasteiger charge is -2.15. The molecule has 0 unspecified atom stereocenters. The van der Waals surface area contributed by atoms with Gasteiger partial charge in [-0.25, -0.2) is 0 Å². The normalized spacial score (nSPS) is 20.5. The highest BCUT2D eigenvalue weighted by Gasteiger charge is 2.27. The van der Waals surface area contributed by atoms with Crippen molar-refractivity contribution in [1.29, 1.82) is 0 Å². The zero-order valence-electron chi connectivity index (χ0n) is 10.1. The van der Waals surface area contributed by atoms with Crippen molar-refractivity contribution in [3.8, 4) is 0 Å². The molecule has 1 aromatic rings. The molecule has 2 rings (SSSR count). The number of carboxylic acid groups (broad SMARTS) is 1. The number of hydrogen-bond acceptors (Lipinski definition) is 3. The van der Waals surface area contributed by atoms with Gasteiger partial charge in [0.2, 0.25) is 5.91 Å². The van der Waals surface area contributed by atoms with Gasteiger partial charge in [0.25, 0.3) is 0 Å². The van der Waals surface area contributed by atoms with E-state index in [-0.39, 0.29) is 11.2 Å². The van der Waals surface area contributed by atoms with E-state index in [1.807, 2.05) is 24.3 Å². The first kappa shape index (κ1) is 13.0. The number of carbonyl (C=O) groups excluding carboxylic acids is 1. The van der Waals surface area contributed by atoms with Gasteiger partial charge in [-0.3, -0.25) is 9.59 Å². The van der Waals surface area contributed by atoms with Crippen molar-refractivity contribution in [2.24, 2.45) is 0 Å². The Morgan fingerprint density at radius 1 is 1.50 bits per heavy atom. The molecule has 2 atom stereocenters. The standard InChI is InChI=1S/C13H15NO3S/c1-8(13(16)17)18-11-7-6-9-4-2-3-5-10(9)14-12(11)15/h2-5,8,11H,6-7H2,1H3,(H,14,15)(H,16,17)/t8-,11+/m0/s1. The van der Waals surface area contributed by atoms with Gasteiger partial charge >= 0.3 is 5.97 Å². The van der Waals surface area contributed by atoms with Crippen LogP contribution in [0.4, 0.5) is 5.69 Å². The fraction of sp³-hybridized carbons (Fsp3) is 0.385. The number of benzene rings is 1. The van der Waals surface area contributed by atoms with Gasteiger partial charge in [0, 0.05) is 5.69 Å². The van der Waals surface area contributed by atoms with Crippen LogP contribution in [-0.4, -0.2) is 27.5 Å². The summed E-state index contributed by atoms with van der Waals surface area (Å²) in [6, 6.07) is 7.69. The maximum atomic E-state index is 12.0. The topological polar surface area (TPSA) is 66.4 Å². The molecule has 0 aliphatic carbocycles. The van der Waals surface area contributed by atoms with Crippen LogP contribution < -0.4 is 5.32 Å². The number of nitrogens with one attached hydrogen (secondary N) is 1. The molecule has 1 heterocycles. The van der Waals surface area contributed by atoms with Crippen LogP contribution in [0.25, 0.3) is 0 Å². The predicted octanol–water partition coefficient (Wildman–Crippen LogP) is 2.15. The average Bonchev–Trinajstić information content (AvgIpc) is 2.49. The summed E-state index contributed by atoms with van der Waals surface area (Å²) in [5.41, 5.74) is 1.95. The zero-order valence-corrected chi connectivity index (χ0v) is 10.9. The summed E-state index contributed by atoms with van der Waals surface area (Å²) in [5, 5.41) is 10.9. The molecule has 0 saturated carbocycles. The third-order valence-electron chi connectivity index (χ3n) is 2.96. The Morgan fingerprint density at radius 3 is 2.94 bits per heavy atom. The molecule has 0 aromatic heterocycles. The fourth-order valence-electron chi connectivity index (χ4n) is 1.93. The molecule has 18 heavy (non-hydrogen) atoms. The van der Waals surface area contributed by atoms with Gasteiger partial charge in [-0.15, -0.1) is 11.8 Å². The summed E-state index contributed by atoms with van der Waals surface area (Å²) >= 11 is 1.21. The first-order valence-corrected chi connectivity index (χ1v) is 6.79. The maximum Gasteiger partial charge on any atom is 0.316 e. The van der Waals surface area contributed by atoms with Crippen LogP contribution in [0.2, 0.25) is 0 Å². The lowest BCUT2D eigenvalue weighted by atomic mass is 10.1. The molecule has 0 radical (unpaired) electrons. The van der Waals surface area contributed by atoms with Crippen LogP contribution in [0.1, 0.15) is 18.9 Å². The minimum atomic E-state index is -0.880. The third-order valence-corrected chi connectivity index (χ3v) is 4.35. The van der Waals surface area contributed by atoms with Gasteiger partial charge < -0.3 is 10.4 Å². The molecule has 1 aliphatic heterocycles. The highest BCUT2D eigenvalue weighted by atomic mass is 32.2. The molecule has 96 valence electrons. The Labute approximate surface area is 110 Å². The second kappa shape index (κ2) is 5.44. The average molecular weight is 265 g/mol. The van der Waals surface area contributed by atoms with Gasteiger partial charge in [0.15, 0.2) is 0 Å². The van der Waals surface area contributed by atoms with E-state index < -0.39 is 11.2 Å². The quantitative estimate of drug-likeness (QED) is 0.878. The molecule has 5 heteroatoms. The van der Waals surface area contributed by atoms with Crippen LogP contribution in [0.3, 0.4) is 0 Å². The molecule has 1 aliphatic rings. The lowest BCUT2D eigenvalue weighted by Crippen LogP contribution is -2.27. The molecule has 2 N–H and O–H groups in total. The van der Waals surface area contributed by atoms with Crippen LogP contribution in [0.15, 0.2) is 24.3 Å². The number of carbonyl (C=O) groups is 2. The number of para-hydroxylation sites is 1. The van der Waals surface area contributed by atoms with Gasteiger partial charge in [-0.2, -0.15) is 0 Å². The molecule has 1 amide bonds. The van der Waals surface area contributed by atoms with Crippen LogP contribution >= 0.6 is 11.8 Å². The minimum absolute atomic E-state index is 0.0990. The first-order chi connectivity index (χ1) is 8.58. The number of fused-ring (bicyclic) bond motifs is 1. The van der Waals surface area contributed by atoms with E-state index in [1.165, 1.54) is 11.8 Å². The van der Waals surface area contributed by atoms with Gasteiger partial charge in [0.05, 0.1) is 5.25 Å². The Morgan fingerprint density at radius 2 is 2.22 bits per heavy atom. The van der Waals surface area contributed by atoms with Crippen molar-refractivity contribution in [3.63, 3.8) is 0 Å². The summed E-state index contributed by atoms with van der Waals surface area (Å²) in [6.45, 7) is 1.61. The van der Waals surface area contributed by atoms with E-state index in [1.54, 1.807) is 6.92 Å². The zero-order chi connectivity index (χ0) is 13.1. The van der Waals surface area contributed by atoms with E-state index >= 15 is 0 Å². The van der Waals surface area contributed by atoms with E-state index in [4.69, 9.17) is 5.11 Å². The van der Waals surface area contributed by atoms with E-state index in [0.29, 0.717) is 6.42 Å². The Hall–Kier alpha value is -1.49. The van der Waals surface area contributed by atoms with Gasteiger partial charge in [0.1, 0.15) is 5.25 Å². The SMILES string of the molecule is C[C@H](S[C@@H]1CCc2ccccc2NC1=O)C(=O)O. The van der Waals surface area contributed by atoms with E-state index in [9.17, 15) is 9.59 Å². The van der Waals surface area contributed by atoms with Crippen molar-refractivity contribution in [3.05, 3.63) is 29.8 Å². The highest BCUT2D eigenvalue weighted by molar-refractivity contribution is 8.01. The minimum Gasteiger partial charge on any atom is -0.480 e. The summed E-state index contributed by atoms with van der Waals surface area (Å²) in [6.07, 6.45) is 1.46. The van der Waals surface area contributed by atoms with Crippen LogP contribution in [0, 0.1) is 0 Å². The smallest absolute Gasteiger partial charge is 0.316 e. The molecule has 0 bridgehead atoms. The van der Waals surface area contributed by atoms with Crippen LogP contribution in [0.5, 0.6) is 0 Å². The number of carboxylic acids is 1. The molecule has 0 saturated heterocycles. The molecule has 0 fully saturated rings. The number of aryl methyl sites for hydroxylation is 1. The third kappa shape index (κ3) is 2.85. The number of anilines is 1. The molecule has 4 nitrogen and oxygen atoms in total. The summed E-state index contributed by atoms with van der Waals surface area (Å²) in [7, 11) is 0. The van der Waals surface area contributed by atoms with Crippen molar-refractivity contribution in [2.75, 3.05) is 5.32 Å². The first-order valence-electron chi connectivity index (χ1n) is 5.85. The summed E-state index contributed by atoms with van der Waals surface area (Å²) < 4.78 is 0. The maximum absolute atomic E-state index is 12.0. The largest absolute Gasteiger partial charge is 0.480 e. The highest BCUT2D eigenvalue weighted by Crippen LogP contribution is 2.29. The van der Waals surface area contributed by atoms with Crippen molar-refractivity contribution in [2.45, 2.75) is 30.3 Å². The predicted molar refractivity (Wildman–Crippen MR) is 71.9 cm³/mol. The number of aliphatic carboxylic acids is 1. The summed E-state index contributed by atoms with van der Waals surface area (Å²) in [4.78, 5) is 22.8. The van der Waals surface area contributed by atoms with E-state index in [0.717, 1.165) is 17.7 Å². The van der Waals surface area contributed by atoms with Crippen molar-refractivity contribution >= 4 is 29.3 Å².